The first-order valence-corrected chi connectivity index (χ1v) is 5.96. The van der Waals surface area contributed by atoms with Gasteiger partial charge in [0.15, 0.2) is 0 Å². The summed E-state index contributed by atoms with van der Waals surface area (Å²) in [5.41, 5.74) is 1.23. The van der Waals surface area contributed by atoms with E-state index in [2.05, 4.69) is 40.5 Å². The van der Waals surface area contributed by atoms with Gasteiger partial charge in [-0.3, -0.25) is 0 Å². The summed E-state index contributed by atoms with van der Waals surface area (Å²) in [7, 11) is 0. The average Bonchev–Trinajstić information content (AvgIpc) is 2.32. The van der Waals surface area contributed by atoms with Crippen LogP contribution in [0.15, 0.2) is 30.3 Å². The predicted octanol–water partition coefficient (Wildman–Crippen LogP) is 3.85. The summed E-state index contributed by atoms with van der Waals surface area (Å²) in [6.45, 7) is 4.81. The number of hydrogen-bond acceptors (Lipinski definition) is 2. The molecule has 2 rings (SSSR count). The summed E-state index contributed by atoms with van der Waals surface area (Å²) in [4.78, 5) is 2.56. The lowest BCUT2D eigenvalue weighted by Gasteiger charge is -2.26. The quantitative estimate of drug-likeness (QED) is 0.908. The van der Waals surface area contributed by atoms with Crippen LogP contribution >= 0.6 is 37.2 Å². The number of likely N-dealkylation sites (tertiary alicyclic amines) is 1. The van der Waals surface area contributed by atoms with Crippen molar-refractivity contribution in [2.45, 2.75) is 19.3 Å². The normalized spacial score (nSPS) is 14.7. The lowest BCUT2D eigenvalue weighted by atomic mass is 10.1. The smallest absolute Gasteiger partial charge is 0.0340 e. The molecule has 1 fully saturated rings. The zero-order chi connectivity index (χ0) is 10.3. The van der Waals surface area contributed by atoms with Crippen LogP contribution < -0.4 is 5.32 Å². The van der Waals surface area contributed by atoms with Gasteiger partial charge in [-0.15, -0.1) is 37.2 Å². The van der Waals surface area contributed by atoms with Crippen molar-refractivity contribution < 1.29 is 0 Å². The lowest BCUT2D eigenvalue weighted by molar-refractivity contribution is 0.237. The Hall–Kier alpha value is -0.150. The first kappa shape index (κ1) is 20.2. The highest BCUT2D eigenvalue weighted by molar-refractivity contribution is 5.86. The van der Waals surface area contributed by atoms with Crippen LogP contribution in [-0.4, -0.2) is 31.1 Å². The van der Waals surface area contributed by atoms with Crippen molar-refractivity contribution in [2.75, 3.05) is 31.5 Å². The Morgan fingerprint density at radius 1 is 0.889 bits per heavy atom. The molecule has 0 radical (unpaired) electrons. The Balaban J connectivity index is 0. The van der Waals surface area contributed by atoms with E-state index in [9.17, 15) is 0 Å². The average molecular weight is 314 g/mol. The fourth-order valence-electron chi connectivity index (χ4n) is 2.10. The van der Waals surface area contributed by atoms with E-state index >= 15 is 0 Å². The molecular formula is C13H23Cl3N2. The van der Waals surface area contributed by atoms with E-state index in [4.69, 9.17) is 0 Å². The maximum absolute atomic E-state index is 3.45. The van der Waals surface area contributed by atoms with E-state index in [1.54, 1.807) is 0 Å². The molecule has 5 heteroatoms. The van der Waals surface area contributed by atoms with Crippen LogP contribution in [0.2, 0.25) is 0 Å². The SMILES string of the molecule is Cl.Cl.Cl.c1ccc(NCCN2CCCCC2)cc1. The molecule has 1 aliphatic rings. The number of halogens is 3. The number of nitrogens with one attached hydrogen (secondary N) is 1. The standard InChI is InChI=1S/C13H20N2.3ClH/c1-3-7-13(8-4-1)14-9-12-15-10-5-2-6-11-15;;;/h1,3-4,7-8,14H,2,5-6,9-12H2;3*1H. The Morgan fingerprint density at radius 3 is 2.11 bits per heavy atom. The number of nitrogens with zero attached hydrogens (tertiary/aromatic N) is 1. The van der Waals surface area contributed by atoms with Crippen LogP contribution in [0, 0.1) is 0 Å². The number of benzene rings is 1. The number of hydrogen-bond donors (Lipinski definition) is 1. The fraction of sp³-hybridized carbons (Fsp3) is 0.538. The minimum Gasteiger partial charge on any atom is -0.384 e. The largest absolute Gasteiger partial charge is 0.384 e. The fourth-order valence-corrected chi connectivity index (χ4v) is 2.10. The molecule has 1 saturated heterocycles. The zero-order valence-electron chi connectivity index (χ0n) is 10.5. The molecule has 1 N–H and O–H groups in total. The minimum absolute atomic E-state index is 0. The van der Waals surface area contributed by atoms with E-state index < -0.39 is 0 Å². The first-order chi connectivity index (χ1) is 7.45. The highest BCUT2D eigenvalue weighted by Crippen LogP contribution is 2.08. The number of anilines is 1. The Labute approximate surface area is 129 Å². The van der Waals surface area contributed by atoms with Gasteiger partial charge in [-0.05, 0) is 38.1 Å². The van der Waals surface area contributed by atoms with Crippen molar-refractivity contribution >= 4 is 42.9 Å². The molecule has 0 amide bonds. The van der Waals surface area contributed by atoms with Crippen LogP contribution in [0.5, 0.6) is 0 Å². The van der Waals surface area contributed by atoms with E-state index in [0.717, 1.165) is 6.54 Å². The number of para-hydroxylation sites is 1. The summed E-state index contributed by atoms with van der Waals surface area (Å²) in [6, 6.07) is 10.4. The van der Waals surface area contributed by atoms with Gasteiger partial charge in [0.2, 0.25) is 0 Å². The number of rotatable bonds is 4. The molecule has 0 bridgehead atoms. The van der Waals surface area contributed by atoms with E-state index in [-0.39, 0.29) is 37.2 Å². The molecule has 0 aromatic heterocycles. The molecular weight excluding hydrogens is 291 g/mol. The molecule has 106 valence electrons. The molecule has 2 nitrogen and oxygen atoms in total. The van der Waals surface area contributed by atoms with Gasteiger partial charge < -0.3 is 10.2 Å². The minimum atomic E-state index is 0. The van der Waals surface area contributed by atoms with Crippen LogP contribution in [-0.2, 0) is 0 Å². The first-order valence-electron chi connectivity index (χ1n) is 5.96. The predicted molar refractivity (Wildman–Crippen MR) is 87.0 cm³/mol. The molecule has 18 heavy (non-hydrogen) atoms. The van der Waals surface area contributed by atoms with E-state index in [1.807, 2.05) is 0 Å². The van der Waals surface area contributed by atoms with Gasteiger partial charge in [-0.25, -0.2) is 0 Å². The van der Waals surface area contributed by atoms with Crippen molar-refractivity contribution in [2.24, 2.45) is 0 Å². The third kappa shape index (κ3) is 7.32. The molecule has 1 aliphatic heterocycles. The van der Waals surface area contributed by atoms with Gasteiger partial charge >= 0.3 is 0 Å². The summed E-state index contributed by atoms with van der Waals surface area (Å²) in [5, 5.41) is 3.45. The summed E-state index contributed by atoms with van der Waals surface area (Å²) in [6.07, 6.45) is 4.18. The lowest BCUT2D eigenvalue weighted by Crippen LogP contribution is -2.33. The molecule has 1 heterocycles. The second-order valence-corrected chi connectivity index (χ2v) is 4.20. The molecule has 0 saturated carbocycles. The zero-order valence-corrected chi connectivity index (χ0v) is 13.0. The molecule has 1 aromatic carbocycles. The third-order valence-corrected chi connectivity index (χ3v) is 2.98. The van der Waals surface area contributed by atoms with Gasteiger partial charge in [-0.2, -0.15) is 0 Å². The van der Waals surface area contributed by atoms with Gasteiger partial charge in [0.05, 0.1) is 0 Å². The van der Waals surface area contributed by atoms with Crippen molar-refractivity contribution in [1.29, 1.82) is 0 Å². The van der Waals surface area contributed by atoms with Crippen molar-refractivity contribution in [3.8, 4) is 0 Å². The monoisotopic (exact) mass is 312 g/mol. The van der Waals surface area contributed by atoms with Gasteiger partial charge in [0, 0.05) is 18.8 Å². The Bertz CT molecular complexity index is 277. The summed E-state index contributed by atoms with van der Waals surface area (Å²) < 4.78 is 0. The molecule has 0 atom stereocenters. The topological polar surface area (TPSA) is 15.3 Å². The second-order valence-electron chi connectivity index (χ2n) is 4.20. The van der Waals surface area contributed by atoms with Crippen LogP contribution in [0.3, 0.4) is 0 Å². The van der Waals surface area contributed by atoms with Crippen LogP contribution in [0.25, 0.3) is 0 Å². The van der Waals surface area contributed by atoms with Gasteiger partial charge in [0.1, 0.15) is 0 Å². The van der Waals surface area contributed by atoms with Gasteiger partial charge in [0.25, 0.3) is 0 Å². The van der Waals surface area contributed by atoms with Gasteiger partial charge in [-0.1, -0.05) is 24.6 Å². The Kier molecular flexibility index (Phi) is 13.4. The maximum atomic E-state index is 3.45. The summed E-state index contributed by atoms with van der Waals surface area (Å²) >= 11 is 0. The van der Waals surface area contributed by atoms with E-state index in [1.165, 1.54) is 44.6 Å². The van der Waals surface area contributed by atoms with Crippen molar-refractivity contribution in [3.05, 3.63) is 30.3 Å². The van der Waals surface area contributed by atoms with Crippen LogP contribution in [0.1, 0.15) is 19.3 Å². The van der Waals surface area contributed by atoms with Crippen LogP contribution in [0.4, 0.5) is 5.69 Å². The molecule has 0 unspecified atom stereocenters. The second kappa shape index (κ2) is 11.9. The number of piperidine rings is 1. The highest BCUT2D eigenvalue weighted by atomic mass is 35.5. The maximum Gasteiger partial charge on any atom is 0.0340 e. The Morgan fingerprint density at radius 2 is 1.50 bits per heavy atom. The van der Waals surface area contributed by atoms with Crippen molar-refractivity contribution in [3.63, 3.8) is 0 Å². The molecule has 1 aromatic rings. The third-order valence-electron chi connectivity index (χ3n) is 2.98. The van der Waals surface area contributed by atoms with Crippen molar-refractivity contribution in [1.82, 2.24) is 4.90 Å². The van der Waals surface area contributed by atoms with E-state index in [0.29, 0.717) is 0 Å². The summed E-state index contributed by atoms with van der Waals surface area (Å²) in [5.74, 6) is 0. The highest BCUT2D eigenvalue weighted by Gasteiger charge is 2.08. The molecule has 0 spiro atoms. The molecule has 0 aliphatic carbocycles.